The smallest absolute Gasteiger partial charge is 0.271 e. The van der Waals surface area contributed by atoms with Crippen LogP contribution in [0.1, 0.15) is 21.6 Å². The van der Waals surface area contributed by atoms with Gasteiger partial charge in [-0.05, 0) is 24.0 Å². The summed E-state index contributed by atoms with van der Waals surface area (Å²) < 4.78 is 1.50. The molecule has 1 aromatic heterocycles. The molecular weight excluding hydrogens is 262 g/mol. The first-order valence-electron chi connectivity index (χ1n) is 6.20. The average Bonchev–Trinajstić information content (AvgIpc) is 2.92. The molecule has 0 bridgehead atoms. The maximum absolute atomic E-state index is 12.2. The maximum Gasteiger partial charge on any atom is 0.271 e. The van der Waals surface area contributed by atoms with Gasteiger partial charge in [0, 0.05) is 13.1 Å². The van der Waals surface area contributed by atoms with Crippen LogP contribution in [0.15, 0.2) is 30.5 Å². The molecule has 1 amide bonds. The van der Waals surface area contributed by atoms with Crippen LogP contribution in [-0.4, -0.2) is 21.7 Å². The van der Waals surface area contributed by atoms with Crippen LogP contribution in [-0.2, 0) is 19.9 Å². The number of aryl methyl sites for hydroxylation is 1. The van der Waals surface area contributed by atoms with E-state index in [1.807, 2.05) is 12.1 Å². The van der Waals surface area contributed by atoms with E-state index in [-0.39, 0.29) is 11.9 Å². The van der Waals surface area contributed by atoms with Gasteiger partial charge in [-0.1, -0.05) is 35.9 Å². The quantitative estimate of drug-likeness (QED) is 0.911. The molecule has 1 N–H and O–H groups in total. The molecule has 19 heavy (non-hydrogen) atoms. The van der Waals surface area contributed by atoms with Crippen LogP contribution in [0, 0.1) is 0 Å². The van der Waals surface area contributed by atoms with Gasteiger partial charge >= 0.3 is 0 Å². The van der Waals surface area contributed by atoms with Crippen LogP contribution < -0.4 is 5.32 Å². The lowest BCUT2D eigenvalue weighted by atomic mass is 10.1. The molecule has 0 spiro atoms. The second-order valence-electron chi connectivity index (χ2n) is 4.81. The van der Waals surface area contributed by atoms with Crippen molar-refractivity contribution in [1.29, 1.82) is 0 Å². The Morgan fingerprint density at radius 3 is 2.53 bits per heavy atom. The van der Waals surface area contributed by atoms with Crippen molar-refractivity contribution in [3.63, 3.8) is 0 Å². The molecule has 1 aliphatic carbocycles. The summed E-state index contributed by atoms with van der Waals surface area (Å²) in [7, 11) is 1.71. The standard InChI is InChI=1S/C14H14ClN3O/c1-18-13(12(15)8-16-18)14(19)17-11-6-9-4-2-3-5-10(9)7-11/h2-5,8,11H,6-7H2,1H3,(H,17,19). The molecule has 3 rings (SSSR count). The monoisotopic (exact) mass is 275 g/mol. The van der Waals surface area contributed by atoms with Crippen molar-refractivity contribution < 1.29 is 4.79 Å². The second kappa shape index (κ2) is 4.70. The van der Waals surface area contributed by atoms with Gasteiger partial charge in [-0.25, -0.2) is 0 Å². The molecule has 1 aromatic carbocycles. The fourth-order valence-electron chi connectivity index (χ4n) is 2.58. The van der Waals surface area contributed by atoms with Crippen molar-refractivity contribution >= 4 is 17.5 Å². The number of halogens is 1. The van der Waals surface area contributed by atoms with Gasteiger partial charge in [0.2, 0.25) is 0 Å². The first kappa shape index (κ1) is 12.2. The number of carbonyl (C=O) groups excluding carboxylic acids is 1. The van der Waals surface area contributed by atoms with Crippen LogP contribution in [0.25, 0.3) is 0 Å². The first-order valence-corrected chi connectivity index (χ1v) is 6.58. The Morgan fingerprint density at radius 1 is 1.37 bits per heavy atom. The molecule has 0 saturated carbocycles. The number of carbonyl (C=O) groups is 1. The maximum atomic E-state index is 12.2. The fourth-order valence-corrected chi connectivity index (χ4v) is 2.83. The van der Waals surface area contributed by atoms with E-state index in [1.54, 1.807) is 7.05 Å². The van der Waals surface area contributed by atoms with Crippen molar-refractivity contribution in [2.24, 2.45) is 7.05 Å². The highest BCUT2D eigenvalue weighted by molar-refractivity contribution is 6.33. The van der Waals surface area contributed by atoms with Crippen LogP contribution >= 0.6 is 11.6 Å². The minimum absolute atomic E-state index is 0.135. The van der Waals surface area contributed by atoms with E-state index in [1.165, 1.54) is 22.0 Å². The lowest BCUT2D eigenvalue weighted by Crippen LogP contribution is -2.36. The highest BCUT2D eigenvalue weighted by atomic mass is 35.5. The second-order valence-corrected chi connectivity index (χ2v) is 5.22. The third-order valence-electron chi connectivity index (χ3n) is 3.50. The fraction of sp³-hybridized carbons (Fsp3) is 0.286. The van der Waals surface area contributed by atoms with Gasteiger partial charge in [-0.3, -0.25) is 9.48 Å². The number of aromatic nitrogens is 2. The van der Waals surface area contributed by atoms with Crippen molar-refractivity contribution in [3.8, 4) is 0 Å². The summed E-state index contributed by atoms with van der Waals surface area (Å²) in [6.07, 6.45) is 3.23. The summed E-state index contributed by atoms with van der Waals surface area (Å²) in [4.78, 5) is 12.2. The SMILES string of the molecule is Cn1ncc(Cl)c1C(=O)NC1Cc2ccccc2C1. The minimum Gasteiger partial charge on any atom is -0.347 e. The number of nitrogens with zero attached hydrogens (tertiary/aromatic N) is 2. The molecule has 0 atom stereocenters. The largest absolute Gasteiger partial charge is 0.347 e. The van der Waals surface area contributed by atoms with E-state index in [0.717, 1.165) is 12.8 Å². The lowest BCUT2D eigenvalue weighted by molar-refractivity contribution is 0.0929. The van der Waals surface area contributed by atoms with Gasteiger partial charge in [-0.2, -0.15) is 5.10 Å². The Hall–Kier alpha value is -1.81. The van der Waals surface area contributed by atoms with E-state index in [2.05, 4.69) is 22.5 Å². The van der Waals surface area contributed by atoms with Crippen LogP contribution in [0.5, 0.6) is 0 Å². The summed E-state index contributed by atoms with van der Waals surface area (Å²) >= 11 is 5.97. The van der Waals surface area contributed by atoms with E-state index in [4.69, 9.17) is 11.6 Å². The Morgan fingerprint density at radius 2 is 2.00 bits per heavy atom. The number of benzene rings is 1. The van der Waals surface area contributed by atoms with Gasteiger partial charge in [0.15, 0.2) is 0 Å². The Kier molecular flexibility index (Phi) is 3.03. The zero-order chi connectivity index (χ0) is 13.4. The van der Waals surface area contributed by atoms with Crippen LogP contribution in [0.3, 0.4) is 0 Å². The summed E-state index contributed by atoms with van der Waals surface area (Å²) in [6.45, 7) is 0. The van der Waals surface area contributed by atoms with Gasteiger partial charge in [0.1, 0.15) is 5.69 Å². The molecule has 98 valence electrons. The van der Waals surface area contributed by atoms with E-state index in [0.29, 0.717) is 10.7 Å². The molecule has 0 saturated heterocycles. The normalized spacial score (nSPS) is 14.4. The third kappa shape index (κ3) is 2.24. The van der Waals surface area contributed by atoms with Gasteiger partial charge in [0.05, 0.1) is 11.2 Å². The Bertz CT molecular complexity index is 591. The highest BCUT2D eigenvalue weighted by Gasteiger charge is 2.24. The molecule has 5 heteroatoms. The Balaban J connectivity index is 1.73. The molecule has 4 nitrogen and oxygen atoms in total. The molecule has 1 aliphatic rings. The van der Waals surface area contributed by atoms with Crippen LogP contribution in [0.4, 0.5) is 0 Å². The van der Waals surface area contributed by atoms with Crippen LogP contribution in [0.2, 0.25) is 5.02 Å². The topological polar surface area (TPSA) is 46.9 Å². The summed E-state index contributed by atoms with van der Waals surface area (Å²) in [5.74, 6) is -0.164. The number of hydrogen-bond donors (Lipinski definition) is 1. The molecule has 0 radical (unpaired) electrons. The minimum atomic E-state index is -0.164. The Labute approximate surface area is 116 Å². The van der Waals surface area contributed by atoms with Crippen molar-refractivity contribution in [1.82, 2.24) is 15.1 Å². The van der Waals surface area contributed by atoms with Crippen molar-refractivity contribution in [2.45, 2.75) is 18.9 Å². The van der Waals surface area contributed by atoms with Gasteiger partial charge < -0.3 is 5.32 Å². The van der Waals surface area contributed by atoms with E-state index < -0.39 is 0 Å². The lowest BCUT2D eigenvalue weighted by Gasteiger charge is -2.12. The third-order valence-corrected chi connectivity index (χ3v) is 3.77. The molecule has 0 aliphatic heterocycles. The number of nitrogens with one attached hydrogen (secondary N) is 1. The van der Waals surface area contributed by atoms with Crippen molar-refractivity contribution in [3.05, 3.63) is 52.3 Å². The molecule has 2 aromatic rings. The zero-order valence-electron chi connectivity index (χ0n) is 10.6. The summed E-state index contributed by atoms with van der Waals surface area (Å²) in [6, 6.07) is 8.41. The molecule has 0 unspecified atom stereocenters. The summed E-state index contributed by atoms with van der Waals surface area (Å²) in [5, 5.41) is 7.39. The molecule has 0 fully saturated rings. The average molecular weight is 276 g/mol. The predicted octanol–water partition coefficient (Wildman–Crippen LogP) is 1.97. The van der Waals surface area contributed by atoms with E-state index in [9.17, 15) is 4.79 Å². The molecular formula is C14H14ClN3O. The van der Waals surface area contributed by atoms with Gasteiger partial charge in [0.25, 0.3) is 5.91 Å². The predicted molar refractivity (Wildman–Crippen MR) is 73.3 cm³/mol. The number of amides is 1. The van der Waals surface area contributed by atoms with Gasteiger partial charge in [-0.15, -0.1) is 0 Å². The highest BCUT2D eigenvalue weighted by Crippen LogP contribution is 2.22. The zero-order valence-corrected chi connectivity index (χ0v) is 11.3. The summed E-state index contributed by atoms with van der Waals surface area (Å²) in [5.41, 5.74) is 3.03. The van der Waals surface area contributed by atoms with E-state index >= 15 is 0 Å². The molecule has 1 heterocycles. The first-order chi connectivity index (χ1) is 9.15. The number of hydrogen-bond acceptors (Lipinski definition) is 2. The van der Waals surface area contributed by atoms with Crippen molar-refractivity contribution in [2.75, 3.05) is 0 Å². The number of rotatable bonds is 2. The number of fused-ring (bicyclic) bond motifs is 1.